The van der Waals surface area contributed by atoms with Gasteiger partial charge in [-0.25, -0.2) is 0 Å². The number of aromatic nitrogens is 1. The Morgan fingerprint density at radius 2 is 2.44 bits per heavy atom. The van der Waals surface area contributed by atoms with E-state index in [1.807, 2.05) is 12.3 Å². The molecule has 3 heteroatoms. The molecule has 1 aliphatic rings. The largest absolute Gasteiger partial charge is 0.383 e. The van der Waals surface area contributed by atoms with E-state index in [4.69, 9.17) is 4.74 Å². The molecule has 1 N–H and O–H groups in total. The fourth-order valence-corrected chi connectivity index (χ4v) is 2.38. The van der Waals surface area contributed by atoms with Crippen molar-refractivity contribution in [3.05, 3.63) is 41.7 Å². The summed E-state index contributed by atoms with van der Waals surface area (Å²) >= 11 is 0. The number of hydrogen-bond donors (Lipinski definition) is 1. The molecular formula is C15H22N2O. The number of methoxy groups -OCH3 is 1. The van der Waals surface area contributed by atoms with E-state index in [-0.39, 0.29) is 0 Å². The zero-order chi connectivity index (χ0) is 12.6. The van der Waals surface area contributed by atoms with E-state index >= 15 is 0 Å². The highest BCUT2D eigenvalue weighted by molar-refractivity contribution is 5.31. The maximum absolute atomic E-state index is 4.98. The SMILES string of the molecule is COCCNCCC=CC1CCc2cccnc21. The van der Waals surface area contributed by atoms with Crippen LogP contribution in [0.25, 0.3) is 0 Å². The van der Waals surface area contributed by atoms with Crippen LogP contribution in [0, 0.1) is 0 Å². The van der Waals surface area contributed by atoms with Crippen LogP contribution in [0.15, 0.2) is 30.5 Å². The zero-order valence-corrected chi connectivity index (χ0v) is 11.1. The number of ether oxygens (including phenoxy) is 1. The second-order valence-corrected chi connectivity index (χ2v) is 4.65. The molecule has 3 nitrogen and oxygen atoms in total. The summed E-state index contributed by atoms with van der Waals surface area (Å²) in [6.07, 6.45) is 9.94. The van der Waals surface area contributed by atoms with Crippen molar-refractivity contribution in [1.29, 1.82) is 0 Å². The molecule has 0 fully saturated rings. The molecule has 0 saturated carbocycles. The smallest absolute Gasteiger partial charge is 0.0587 e. The van der Waals surface area contributed by atoms with Gasteiger partial charge in [-0.05, 0) is 37.4 Å². The van der Waals surface area contributed by atoms with Gasteiger partial charge in [-0.2, -0.15) is 0 Å². The molecule has 98 valence electrons. The zero-order valence-electron chi connectivity index (χ0n) is 11.1. The second kappa shape index (κ2) is 7.29. The summed E-state index contributed by atoms with van der Waals surface area (Å²) in [6, 6.07) is 4.23. The van der Waals surface area contributed by atoms with Crippen molar-refractivity contribution in [3.63, 3.8) is 0 Å². The van der Waals surface area contributed by atoms with Crippen LogP contribution in [0.5, 0.6) is 0 Å². The average molecular weight is 246 g/mol. The number of fused-ring (bicyclic) bond motifs is 1. The topological polar surface area (TPSA) is 34.1 Å². The quantitative estimate of drug-likeness (QED) is 0.592. The summed E-state index contributed by atoms with van der Waals surface area (Å²) in [5.74, 6) is 0.528. The van der Waals surface area contributed by atoms with Crippen molar-refractivity contribution >= 4 is 0 Å². The maximum Gasteiger partial charge on any atom is 0.0587 e. The third-order valence-corrected chi connectivity index (χ3v) is 3.34. The van der Waals surface area contributed by atoms with Gasteiger partial charge in [0.1, 0.15) is 0 Å². The molecule has 1 heterocycles. The van der Waals surface area contributed by atoms with E-state index in [1.165, 1.54) is 24.1 Å². The minimum atomic E-state index is 0.528. The fraction of sp³-hybridized carbons (Fsp3) is 0.533. The van der Waals surface area contributed by atoms with E-state index in [0.717, 1.165) is 26.1 Å². The third kappa shape index (κ3) is 3.65. The van der Waals surface area contributed by atoms with Crippen LogP contribution in [0.4, 0.5) is 0 Å². The maximum atomic E-state index is 4.98. The molecule has 0 aliphatic heterocycles. The fourth-order valence-electron chi connectivity index (χ4n) is 2.38. The van der Waals surface area contributed by atoms with E-state index in [1.54, 1.807) is 7.11 Å². The predicted octanol–water partition coefficient (Wildman–Crippen LogP) is 2.29. The van der Waals surface area contributed by atoms with E-state index in [9.17, 15) is 0 Å². The molecular weight excluding hydrogens is 224 g/mol. The van der Waals surface area contributed by atoms with Crippen LogP contribution in [0.1, 0.15) is 30.0 Å². The molecule has 0 amide bonds. The number of rotatable bonds is 7. The number of pyridine rings is 1. The Kier molecular flexibility index (Phi) is 5.36. The Balaban J connectivity index is 1.71. The summed E-state index contributed by atoms with van der Waals surface area (Å²) < 4.78 is 4.98. The van der Waals surface area contributed by atoms with Gasteiger partial charge in [0, 0.05) is 25.8 Å². The monoisotopic (exact) mass is 246 g/mol. The normalized spacial score (nSPS) is 18.4. The summed E-state index contributed by atoms with van der Waals surface area (Å²) in [4.78, 5) is 4.50. The van der Waals surface area contributed by atoms with Crippen molar-refractivity contribution < 1.29 is 4.74 Å². The van der Waals surface area contributed by atoms with Crippen molar-refractivity contribution in [2.45, 2.75) is 25.2 Å². The molecule has 1 aromatic heterocycles. The highest BCUT2D eigenvalue weighted by Gasteiger charge is 2.20. The van der Waals surface area contributed by atoms with Gasteiger partial charge in [0.15, 0.2) is 0 Å². The van der Waals surface area contributed by atoms with E-state index in [0.29, 0.717) is 5.92 Å². The Hall–Kier alpha value is -1.19. The van der Waals surface area contributed by atoms with E-state index < -0.39 is 0 Å². The molecule has 0 bridgehead atoms. The standard InChI is InChI=1S/C15H22N2O/c1-18-12-11-16-9-3-2-5-13-7-8-14-6-4-10-17-15(13)14/h2,4-6,10,13,16H,3,7-9,11-12H2,1H3. The number of aryl methyl sites for hydroxylation is 1. The van der Waals surface area contributed by atoms with Crippen LogP contribution < -0.4 is 5.32 Å². The lowest BCUT2D eigenvalue weighted by molar-refractivity contribution is 0.199. The van der Waals surface area contributed by atoms with Crippen LogP contribution >= 0.6 is 0 Å². The molecule has 0 saturated heterocycles. The van der Waals surface area contributed by atoms with Crippen LogP contribution in [0.3, 0.4) is 0 Å². The van der Waals surface area contributed by atoms with Gasteiger partial charge in [-0.15, -0.1) is 0 Å². The van der Waals surface area contributed by atoms with Gasteiger partial charge in [0.25, 0.3) is 0 Å². The first-order chi connectivity index (χ1) is 8.92. The molecule has 0 spiro atoms. The van der Waals surface area contributed by atoms with Gasteiger partial charge in [-0.1, -0.05) is 18.2 Å². The summed E-state index contributed by atoms with van der Waals surface area (Å²) in [5.41, 5.74) is 2.70. The molecule has 1 aliphatic carbocycles. The highest BCUT2D eigenvalue weighted by atomic mass is 16.5. The lowest BCUT2D eigenvalue weighted by atomic mass is 10.1. The third-order valence-electron chi connectivity index (χ3n) is 3.34. The molecule has 2 rings (SSSR count). The molecule has 0 radical (unpaired) electrons. The van der Waals surface area contributed by atoms with Crippen LogP contribution in [-0.4, -0.2) is 31.8 Å². The second-order valence-electron chi connectivity index (χ2n) is 4.65. The Labute approximate surface area is 109 Å². The van der Waals surface area contributed by atoms with Crippen LogP contribution in [0.2, 0.25) is 0 Å². The summed E-state index contributed by atoms with van der Waals surface area (Å²) in [5, 5.41) is 3.34. The molecule has 0 aromatic carbocycles. The van der Waals surface area contributed by atoms with Crippen molar-refractivity contribution in [2.75, 3.05) is 26.8 Å². The lowest BCUT2D eigenvalue weighted by Gasteiger charge is -2.04. The minimum absolute atomic E-state index is 0.528. The number of nitrogens with one attached hydrogen (secondary N) is 1. The van der Waals surface area contributed by atoms with Crippen molar-refractivity contribution in [2.24, 2.45) is 0 Å². The summed E-state index contributed by atoms with van der Waals surface area (Å²) in [6.45, 7) is 2.73. The van der Waals surface area contributed by atoms with Gasteiger partial charge in [0.2, 0.25) is 0 Å². The van der Waals surface area contributed by atoms with Crippen LogP contribution in [-0.2, 0) is 11.2 Å². The Bertz CT molecular complexity index is 390. The number of nitrogens with zero attached hydrogens (tertiary/aromatic N) is 1. The van der Waals surface area contributed by atoms with E-state index in [2.05, 4.69) is 28.5 Å². The van der Waals surface area contributed by atoms with Gasteiger partial charge in [-0.3, -0.25) is 4.98 Å². The Morgan fingerprint density at radius 1 is 1.50 bits per heavy atom. The molecule has 18 heavy (non-hydrogen) atoms. The first-order valence-electron chi connectivity index (χ1n) is 6.72. The minimum Gasteiger partial charge on any atom is -0.383 e. The first kappa shape index (κ1) is 13.2. The number of hydrogen-bond acceptors (Lipinski definition) is 3. The molecule has 1 atom stereocenters. The van der Waals surface area contributed by atoms with Gasteiger partial charge < -0.3 is 10.1 Å². The highest BCUT2D eigenvalue weighted by Crippen LogP contribution is 2.31. The lowest BCUT2D eigenvalue weighted by Crippen LogP contribution is -2.19. The molecule has 1 unspecified atom stereocenters. The predicted molar refractivity (Wildman–Crippen MR) is 73.8 cm³/mol. The number of allylic oxidation sites excluding steroid dienone is 1. The first-order valence-corrected chi connectivity index (χ1v) is 6.72. The molecule has 1 aromatic rings. The van der Waals surface area contributed by atoms with Gasteiger partial charge >= 0.3 is 0 Å². The van der Waals surface area contributed by atoms with Gasteiger partial charge in [0.05, 0.1) is 12.3 Å². The van der Waals surface area contributed by atoms with Crippen molar-refractivity contribution in [1.82, 2.24) is 10.3 Å². The average Bonchev–Trinajstić information content (AvgIpc) is 2.81. The van der Waals surface area contributed by atoms with Crippen molar-refractivity contribution in [3.8, 4) is 0 Å². The summed E-state index contributed by atoms with van der Waals surface area (Å²) in [7, 11) is 1.73. The Morgan fingerprint density at radius 3 is 3.33 bits per heavy atom.